The molecule has 110 valence electrons. The van der Waals surface area contributed by atoms with E-state index < -0.39 is 0 Å². The first-order chi connectivity index (χ1) is 10.1. The first-order valence-corrected chi connectivity index (χ1v) is 7.84. The highest BCUT2D eigenvalue weighted by Crippen LogP contribution is 2.40. The molecule has 1 aliphatic rings. The molecule has 0 saturated carbocycles. The zero-order valence-electron chi connectivity index (χ0n) is 11.4. The molecule has 1 unspecified atom stereocenters. The Morgan fingerprint density at radius 2 is 2.10 bits per heavy atom. The number of ether oxygens (including phenoxy) is 1. The quantitative estimate of drug-likeness (QED) is 0.860. The van der Waals surface area contributed by atoms with Crippen molar-refractivity contribution >= 4 is 27.5 Å². The molecule has 0 saturated heterocycles. The van der Waals surface area contributed by atoms with Gasteiger partial charge in [-0.2, -0.15) is 0 Å². The second-order valence-corrected chi connectivity index (χ2v) is 6.26. The van der Waals surface area contributed by atoms with E-state index in [0.717, 1.165) is 33.3 Å². The van der Waals surface area contributed by atoms with Crippen LogP contribution in [0.3, 0.4) is 0 Å². The van der Waals surface area contributed by atoms with Crippen LogP contribution < -0.4 is 10.1 Å². The number of hydrogen-bond donors (Lipinski definition) is 1. The molecular weight excluding hydrogens is 357 g/mol. The van der Waals surface area contributed by atoms with Gasteiger partial charge in [-0.1, -0.05) is 27.5 Å². The number of hydrogen-bond acceptors (Lipinski definition) is 2. The molecule has 0 aliphatic carbocycles. The highest BCUT2D eigenvalue weighted by molar-refractivity contribution is 9.10. The molecular formula is C16H14BrClFNO. The van der Waals surface area contributed by atoms with Crippen molar-refractivity contribution < 1.29 is 9.13 Å². The Kier molecular flexibility index (Phi) is 4.20. The van der Waals surface area contributed by atoms with Crippen LogP contribution in [-0.2, 0) is 6.42 Å². The Bertz CT molecular complexity index is 692. The van der Waals surface area contributed by atoms with Crippen LogP contribution in [0.15, 0.2) is 34.8 Å². The Balaban J connectivity index is 2.15. The molecule has 2 aromatic carbocycles. The molecule has 0 radical (unpaired) electrons. The van der Waals surface area contributed by atoms with E-state index in [1.54, 1.807) is 6.07 Å². The SMILES string of the molecule is CNC(c1cc(F)ccc1Br)c1cc(Cl)cc2c1OCC2. The number of rotatable bonds is 3. The lowest BCUT2D eigenvalue weighted by Crippen LogP contribution is -2.19. The number of halogens is 3. The minimum atomic E-state index is -0.270. The van der Waals surface area contributed by atoms with Gasteiger partial charge in [0.15, 0.2) is 0 Å². The van der Waals surface area contributed by atoms with Crippen molar-refractivity contribution in [1.29, 1.82) is 0 Å². The Hall–Kier alpha value is -1.10. The summed E-state index contributed by atoms with van der Waals surface area (Å²) in [6.45, 7) is 0.656. The van der Waals surface area contributed by atoms with E-state index in [9.17, 15) is 4.39 Å². The number of benzene rings is 2. The van der Waals surface area contributed by atoms with E-state index in [4.69, 9.17) is 16.3 Å². The maximum absolute atomic E-state index is 13.6. The molecule has 21 heavy (non-hydrogen) atoms. The topological polar surface area (TPSA) is 21.3 Å². The van der Waals surface area contributed by atoms with Crippen LogP contribution in [0.4, 0.5) is 4.39 Å². The molecule has 0 spiro atoms. The highest BCUT2D eigenvalue weighted by Gasteiger charge is 2.25. The van der Waals surface area contributed by atoms with Gasteiger partial charge in [-0.05, 0) is 48.5 Å². The molecule has 1 atom stereocenters. The number of nitrogens with one attached hydrogen (secondary N) is 1. The molecule has 1 aliphatic heterocycles. The molecule has 3 rings (SSSR count). The smallest absolute Gasteiger partial charge is 0.127 e. The minimum Gasteiger partial charge on any atom is -0.493 e. The second-order valence-electron chi connectivity index (χ2n) is 4.97. The summed E-state index contributed by atoms with van der Waals surface area (Å²) < 4.78 is 20.2. The molecule has 2 aromatic rings. The van der Waals surface area contributed by atoms with E-state index in [1.165, 1.54) is 12.1 Å². The van der Waals surface area contributed by atoms with Gasteiger partial charge < -0.3 is 10.1 Å². The van der Waals surface area contributed by atoms with Gasteiger partial charge in [0.1, 0.15) is 11.6 Å². The Morgan fingerprint density at radius 1 is 1.29 bits per heavy atom. The minimum absolute atomic E-state index is 0.194. The predicted octanol–water partition coefficient (Wildman–Crippen LogP) is 4.49. The van der Waals surface area contributed by atoms with Crippen LogP contribution in [0.5, 0.6) is 5.75 Å². The van der Waals surface area contributed by atoms with Gasteiger partial charge in [-0.3, -0.25) is 0 Å². The van der Waals surface area contributed by atoms with E-state index in [2.05, 4.69) is 21.2 Å². The van der Waals surface area contributed by atoms with Gasteiger partial charge in [0, 0.05) is 21.5 Å². The molecule has 0 aromatic heterocycles. The molecule has 5 heteroatoms. The van der Waals surface area contributed by atoms with Gasteiger partial charge in [0.2, 0.25) is 0 Å². The summed E-state index contributed by atoms with van der Waals surface area (Å²) in [4.78, 5) is 0. The van der Waals surface area contributed by atoms with Crippen LogP contribution >= 0.6 is 27.5 Å². The summed E-state index contributed by atoms with van der Waals surface area (Å²) in [5, 5.41) is 3.89. The Morgan fingerprint density at radius 3 is 2.86 bits per heavy atom. The zero-order valence-corrected chi connectivity index (χ0v) is 13.8. The molecule has 2 nitrogen and oxygen atoms in total. The first-order valence-electron chi connectivity index (χ1n) is 6.67. The van der Waals surface area contributed by atoms with Crippen molar-refractivity contribution in [3.63, 3.8) is 0 Å². The fourth-order valence-electron chi connectivity index (χ4n) is 2.73. The van der Waals surface area contributed by atoms with Crippen molar-refractivity contribution in [2.24, 2.45) is 0 Å². The fourth-order valence-corrected chi connectivity index (χ4v) is 3.45. The van der Waals surface area contributed by atoms with E-state index in [-0.39, 0.29) is 11.9 Å². The van der Waals surface area contributed by atoms with Crippen molar-refractivity contribution in [3.8, 4) is 5.75 Å². The third kappa shape index (κ3) is 2.80. The molecule has 0 bridgehead atoms. The average molecular weight is 371 g/mol. The van der Waals surface area contributed by atoms with Gasteiger partial charge in [-0.25, -0.2) is 4.39 Å². The lowest BCUT2D eigenvalue weighted by molar-refractivity contribution is 0.351. The van der Waals surface area contributed by atoms with Crippen molar-refractivity contribution in [2.45, 2.75) is 12.5 Å². The second kappa shape index (κ2) is 5.95. The van der Waals surface area contributed by atoms with Crippen molar-refractivity contribution in [3.05, 3.63) is 62.3 Å². The average Bonchev–Trinajstić information content (AvgIpc) is 2.91. The third-order valence-corrected chi connectivity index (χ3v) is 4.59. The van der Waals surface area contributed by atoms with E-state index in [1.807, 2.05) is 19.2 Å². The summed E-state index contributed by atoms with van der Waals surface area (Å²) in [5.74, 6) is 0.586. The lowest BCUT2D eigenvalue weighted by Gasteiger charge is -2.21. The standard InChI is InChI=1S/C16H14BrClFNO/c1-20-15(12-8-11(19)2-3-14(12)17)13-7-10(18)6-9-4-5-21-16(9)13/h2-3,6-8,15,20H,4-5H2,1H3. The normalized spacial score (nSPS) is 14.7. The number of fused-ring (bicyclic) bond motifs is 1. The fraction of sp³-hybridized carbons (Fsp3) is 0.250. The van der Waals surface area contributed by atoms with Gasteiger partial charge in [0.05, 0.1) is 12.6 Å². The molecule has 0 amide bonds. The molecule has 0 fully saturated rings. The summed E-state index contributed by atoms with van der Waals surface area (Å²) in [6.07, 6.45) is 0.851. The Labute approximate surface area is 136 Å². The monoisotopic (exact) mass is 369 g/mol. The lowest BCUT2D eigenvalue weighted by atomic mass is 9.96. The maximum atomic E-state index is 13.6. The predicted molar refractivity (Wildman–Crippen MR) is 85.7 cm³/mol. The largest absolute Gasteiger partial charge is 0.493 e. The van der Waals surface area contributed by atoms with Crippen LogP contribution in [0.2, 0.25) is 5.02 Å². The summed E-state index contributed by atoms with van der Waals surface area (Å²) >= 11 is 9.71. The van der Waals surface area contributed by atoms with Crippen molar-refractivity contribution in [2.75, 3.05) is 13.7 Å². The van der Waals surface area contributed by atoms with Gasteiger partial charge >= 0.3 is 0 Å². The van der Waals surface area contributed by atoms with E-state index in [0.29, 0.717) is 11.6 Å². The van der Waals surface area contributed by atoms with Gasteiger partial charge in [0.25, 0.3) is 0 Å². The summed E-state index contributed by atoms with van der Waals surface area (Å²) in [5.41, 5.74) is 2.85. The maximum Gasteiger partial charge on any atom is 0.127 e. The van der Waals surface area contributed by atoms with Crippen LogP contribution in [0.25, 0.3) is 0 Å². The van der Waals surface area contributed by atoms with E-state index >= 15 is 0 Å². The highest BCUT2D eigenvalue weighted by atomic mass is 79.9. The zero-order chi connectivity index (χ0) is 15.0. The van der Waals surface area contributed by atoms with Crippen LogP contribution in [0.1, 0.15) is 22.7 Å². The van der Waals surface area contributed by atoms with Crippen LogP contribution in [-0.4, -0.2) is 13.7 Å². The summed E-state index contributed by atoms with van der Waals surface area (Å²) in [6, 6.07) is 8.28. The van der Waals surface area contributed by atoms with Gasteiger partial charge in [-0.15, -0.1) is 0 Å². The van der Waals surface area contributed by atoms with Crippen LogP contribution in [0, 0.1) is 5.82 Å². The third-order valence-electron chi connectivity index (χ3n) is 3.65. The molecule has 1 heterocycles. The van der Waals surface area contributed by atoms with Crippen molar-refractivity contribution in [1.82, 2.24) is 5.32 Å². The first kappa shape index (κ1) is 14.8. The summed E-state index contributed by atoms with van der Waals surface area (Å²) in [7, 11) is 1.84. The molecule has 1 N–H and O–H groups in total.